The predicted octanol–water partition coefficient (Wildman–Crippen LogP) is 0.418. The van der Waals surface area contributed by atoms with Crippen molar-refractivity contribution in [3.63, 3.8) is 0 Å². The SMILES string of the molecule is CCCCC(O)(CCCC)C(=O)OC1CC[N+]2(CCCCC2)C1.[Br-]. The van der Waals surface area contributed by atoms with Crippen molar-refractivity contribution in [2.24, 2.45) is 0 Å². The van der Waals surface area contributed by atoms with Crippen LogP contribution in [0, 0.1) is 0 Å². The van der Waals surface area contributed by atoms with Crippen LogP contribution in [0.1, 0.15) is 78.1 Å². The second kappa shape index (κ2) is 10.1. The number of hydrogen-bond donors (Lipinski definition) is 1. The molecule has 2 fully saturated rings. The smallest absolute Gasteiger partial charge is 0.338 e. The van der Waals surface area contributed by atoms with E-state index in [1.807, 2.05) is 0 Å². The van der Waals surface area contributed by atoms with Gasteiger partial charge in [0, 0.05) is 6.42 Å². The fraction of sp³-hybridized carbons (Fsp3) is 0.947. The number of carbonyl (C=O) groups excluding carboxylic acids is 1. The molecular weight excluding hydrogens is 370 g/mol. The molecule has 2 aliphatic heterocycles. The minimum Gasteiger partial charge on any atom is -1.00 e. The average molecular weight is 406 g/mol. The fourth-order valence-electron chi connectivity index (χ4n) is 4.25. The van der Waals surface area contributed by atoms with Crippen LogP contribution in [0.3, 0.4) is 0 Å². The van der Waals surface area contributed by atoms with Crippen molar-refractivity contribution in [2.45, 2.75) is 89.8 Å². The van der Waals surface area contributed by atoms with E-state index in [1.54, 1.807) is 0 Å². The molecule has 0 aromatic heterocycles. The summed E-state index contributed by atoms with van der Waals surface area (Å²) < 4.78 is 6.93. The van der Waals surface area contributed by atoms with Crippen LogP contribution in [0.2, 0.25) is 0 Å². The lowest BCUT2D eigenvalue weighted by Crippen LogP contribution is -3.00. The number of rotatable bonds is 8. The molecule has 5 heteroatoms. The number of hydrogen-bond acceptors (Lipinski definition) is 3. The van der Waals surface area contributed by atoms with Gasteiger partial charge in [0.25, 0.3) is 0 Å². The summed E-state index contributed by atoms with van der Waals surface area (Å²) in [5, 5.41) is 10.8. The zero-order chi connectivity index (χ0) is 16.8. The van der Waals surface area contributed by atoms with Gasteiger partial charge in [-0.15, -0.1) is 0 Å². The zero-order valence-corrected chi connectivity index (χ0v) is 17.2. The molecule has 4 nitrogen and oxygen atoms in total. The van der Waals surface area contributed by atoms with Gasteiger partial charge in [-0.1, -0.05) is 39.5 Å². The predicted molar refractivity (Wildman–Crippen MR) is 92.1 cm³/mol. The molecule has 0 bridgehead atoms. The zero-order valence-electron chi connectivity index (χ0n) is 15.6. The largest absolute Gasteiger partial charge is 1.00 e. The highest BCUT2D eigenvalue weighted by molar-refractivity contribution is 5.79. The van der Waals surface area contributed by atoms with E-state index in [-0.39, 0.29) is 29.1 Å². The summed E-state index contributed by atoms with van der Waals surface area (Å²) >= 11 is 0. The Morgan fingerprint density at radius 1 is 1.08 bits per heavy atom. The van der Waals surface area contributed by atoms with Gasteiger partial charge in [0.1, 0.15) is 6.54 Å². The molecule has 0 amide bonds. The molecule has 2 aliphatic rings. The van der Waals surface area contributed by atoms with E-state index in [0.717, 1.165) is 49.7 Å². The Bertz CT molecular complexity index is 375. The van der Waals surface area contributed by atoms with Gasteiger partial charge < -0.3 is 31.3 Å². The van der Waals surface area contributed by atoms with Crippen molar-refractivity contribution in [3.05, 3.63) is 0 Å². The fourth-order valence-corrected chi connectivity index (χ4v) is 4.25. The maximum atomic E-state index is 12.6. The minimum absolute atomic E-state index is 0. The first-order chi connectivity index (χ1) is 11.0. The van der Waals surface area contributed by atoms with Crippen LogP contribution in [0.25, 0.3) is 0 Å². The lowest BCUT2D eigenvalue weighted by molar-refractivity contribution is -0.922. The number of carbonyl (C=O) groups is 1. The second-order valence-electron chi connectivity index (χ2n) is 7.81. The lowest BCUT2D eigenvalue weighted by Gasteiger charge is -2.37. The first kappa shape index (κ1) is 21.9. The Hall–Kier alpha value is -0.130. The highest BCUT2D eigenvalue weighted by Crippen LogP contribution is 2.30. The van der Waals surface area contributed by atoms with Crippen LogP contribution in [0.15, 0.2) is 0 Å². The summed E-state index contributed by atoms with van der Waals surface area (Å²) in [5.41, 5.74) is -1.26. The van der Waals surface area contributed by atoms with E-state index >= 15 is 0 Å². The topological polar surface area (TPSA) is 46.5 Å². The Kier molecular flexibility index (Phi) is 9.24. The maximum absolute atomic E-state index is 12.6. The number of halogens is 1. The number of piperidine rings is 1. The Morgan fingerprint density at radius 3 is 2.21 bits per heavy atom. The van der Waals surface area contributed by atoms with Crippen molar-refractivity contribution in [3.8, 4) is 0 Å². The molecule has 0 saturated carbocycles. The van der Waals surface area contributed by atoms with Crippen LogP contribution in [0.4, 0.5) is 0 Å². The van der Waals surface area contributed by atoms with Crippen molar-refractivity contribution in [1.82, 2.24) is 0 Å². The second-order valence-corrected chi connectivity index (χ2v) is 7.81. The Morgan fingerprint density at radius 2 is 1.67 bits per heavy atom. The molecule has 0 aromatic carbocycles. The first-order valence-electron chi connectivity index (χ1n) is 9.82. The number of nitrogens with zero attached hydrogens (tertiary/aromatic N) is 1. The van der Waals surface area contributed by atoms with E-state index in [2.05, 4.69) is 13.8 Å². The van der Waals surface area contributed by atoms with Gasteiger partial charge in [0.05, 0.1) is 19.6 Å². The summed E-state index contributed by atoms with van der Waals surface area (Å²) in [6.07, 6.45) is 9.73. The van der Waals surface area contributed by atoms with Gasteiger partial charge in [-0.05, 0) is 32.1 Å². The van der Waals surface area contributed by atoms with Crippen molar-refractivity contribution < 1.29 is 36.1 Å². The minimum atomic E-state index is -1.26. The molecular formula is C19H36BrNO3. The van der Waals surface area contributed by atoms with Crippen molar-refractivity contribution in [1.29, 1.82) is 0 Å². The first-order valence-corrected chi connectivity index (χ1v) is 9.82. The van der Waals surface area contributed by atoms with Gasteiger partial charge in [-0.3, -0.25) is 0 Å². The van der Waals surface area contributed by atoms with E-state index in [1.165, 1.54) is 32.4 Å². The van der Waals surface area contributed by atoms with Gasteiger partial charge in [-0.2, -0.15) is 0 Å². The number of quaternary nitrogens is 1. The Balaban J connectivity index is 0.00000288. The highest BCUT2D eigenvalue weighted by atomic mass is 79.9. The van der Waals surface area contributed by atoms with E-state index in [0.29, 0.717) is 12.8 Å². The molecule has 2 saturated heterocycles. The van der Waals surface area contributed by atoms with Crippen molar-refractivity contribution in [2.75, 3.05) is 26.2 Å². The molecule has 1 spiro atoms. The lowest BCUT2D eigenvalue weighted by atomic mass is 9.91. The van der Waals surface area contributed by atoms with Crippen LogP contribution < -0.4 is 17.0 Å². The highest BCUT2D eigenvalue weighted by Gasteiger charge is 2.44. The molecule has 0 aromatic rings. The molecule has 142 valence electrons. The van der Waals surface area contributed by atoms with Gasteiger partial charge in [0.15, 0.2) is 11.7 Å². The molecule has 24 heavy (non-hydrogen) atoms. The molecule has 0 radical (unpaired) electrons. The van der Waals surface area contributed by atoms with Crippen LogP contribution >= 0.6 is 0 Å². The van der Waals surface area contributed by atoms with Gasteiger partial charge in [0.2, 0.25) is 0 Å². The number of aliphatic hydroxyl groups is 1. The van der Waals surface area contributed by atoms with Crippen LogP contribution in [0.5, 0.6) is 0 Å². The van der Waals surface area contributed by atoms with Crippen molar-refractivity contribution >= 4 is 5.97 Å². The molecule has 1 unspecified atom stereocenters. The maximum Gasteiger partial charge on any atom is 0.338 e. The third-order valence-corrected chi connectivity index (χ3v) is 5.82. The van der Waals surface area contributed by atoms with Crippen LogP contribution in [-0.4, -0.2) is 53.4 Å². The molecule has 2 rings (SSSR count). The summed E-state index contributed by atoms with van der Waals surface area (Å²) in [6, 6.07) is 0. The molecule has 1 N–H and O–H groups in total. The van der Waals surface area contributed by atoms with Crippen LogP contribution in [-0.2, 0) is 9.53 Å². The number of esters is 1. The van der Waals surface area contributed by atoms with Gasteiger partial charge >= 0.3 is 5.97 Å². The standard InChI is InChI=1S/C19H36NO3.BrH/c1-3-5-11-19(22,12-6-4-2)18(21)23-17-10-15-20(16-17)13-8-7-9-14-20;/h17,22H,3-16H2,1-2H3;1H/q+1;/p-1. The number of ether oxygens (including phenoxy) is 1. The van der Waals surface area contributed by atoms with E-state index in [4.69, 9.17) is 4.74 Å². The molecule has 1 atom stereocenters. The van der Waals surface area contributed by atoms with E-state index < -0.39 is 5.60 Å². The number of unbranched alkanes of at least 4 members (excludes halogenated alkanes) is 2. The monoisotopic (exact) mass is 405 g/mol. The normalized spacial score (nSPS) is 23.0. The third kappa shape index (κ3) is 5.70. The Labute approximate surface area is 158 Å². The average Bonchev–Trinajstić information content (AvgIpc) is 2.93. The van der Waals surface area contributed by atoms with E-state index in [9.17, 15) is 9.90 Å². The third-order valence-electron chi connectivity index (χ3n) is 5.82. The molecule has 0 aliphatic carbocycles. The summed E-state index contributed by atoms with van der Waals surface area (Å²) in [4.78, 5) is 12.6. The van der Waals surface area contributed by atoms with Gasteiger partial charge in [-0.25, -0.2) is 4.79 Å². The summed E-state index contributed by atoms with van der Waals surface area (Å²) in [7, 11) is 0. The molecule has 2 heterocycles. The quantitative estimate of drug-likeness (QED) is 0.470. The summed E-state index contributed by atoms with van der Waals surface area (Å²) in [6.45, 7) is 8.76. The summed E-state index contributed by atoms with van der Waals surface area (Å²) in [5.74, 6) is -0.360.